The Kier molecular flexibility index (Phi) is 7.12. The van der Waals surface area contributed by atoms with Crippen LogP contribution in [0.25, 0.3) is 0 Å². The number of hydrogen-bond donors (Lipinski definition) is 3. The van der Waals surface area contributed by atoms with Crippen LogP contribution in [0.15, 0.2) is 30.3 Å². The number of nitrogens with one attached hydrogen (secondary N) is 2. The van der Waals surface area contributed by atoms with Gasteiger partial charge in [0, 0.05) is 11.8 Å². The normalized spacial score (nSPS) is 15.7. The minimum atomic E-state index is -1.23. The lowest BCUT2D eigenvalue weighted by Crippen LogP contribution is -2.68. The van der Waals surface area contributed by atoms with E-state index in [2.05, 4.69) is 24.6 Å². The van der Waals surface area contributed by atoms with Crippen LogP contribution in [0.4, 0.5) is 20.2 Å². The summed E-state index contributed by atoms with van der Waals surface area (Å²) in [5.74, 6) is -2.23. The van der Waals surface area contributed by atoms with Gasteiger partial charge in [-0.25, -0.2) is 8.78 Å². The molecule has 1 amide bonds. The first-order valence-corrected chi connectivity index (χ1v) is 10.6. The monoisotopic (exact) mass is 465 g/mol. The maximum Gasteiger partial charge on any atom is 0.322 e. The van der Waals surface area contributed by atoms with Crippen LogP contribution in [0.1, 0.15) is 22.8 Å². The van der Waals surface area contributed by atoms with E-state index in [1.807, 2.05) is 0 Å². The van der Waals surface area contributed by atoms with Gasteiger partial charge in [0.1, 0.15) is 17.5 Å². The van der Waals surface area contributed by atoms with Gasteiger partial charge in [0.2, 0.25) is 0 Å². The molecule has 7 nitrogen and oxygen atoms in total. The Bertz CT molecular complexity index is 1040. The summed E-state index contributed by atoms with van der Waals surface area (Å²) in [6.07, 6.45) is 0. The molecule has 0 saturated carbocycles. The van der Waals surface area contributed by atoms with Crippen LogP contribution in [0.2, 0.25) is 0 Å². The molecule has 1 aliphatic rings. The number of halogens is 2. The number of carbonyl (C=O) groups is 2. The third kappa shape index (κ3) is 5.06. The number of rotatable bonds is 7. The van der Waals surface area contributed by atoms with E-state index in [0.717, 1.165) is 0 Å². The second-order valence-corrected chi connectivity index (χ2v) is 8.63. The smallest absolute Gasteiger partial charge is 0.322 e. The number of anilines is 2. The van der Waals surface area contributed by atoms with Crippen molar-refractivity contribution in [3.8, 4) is 0 Å². The molecule has 0 bridgehead atoms. The molecule has 172 valence electrons. The maximum atomic E-state index is 14.9. The molecule has 1 saturated heterocycles. The zero-order valence-electron chi connectivity index (χ0n) is 18.0. The molecule has 2 unspecified atom stereocenters. The van der Waals surface area contributed by atoms with Crippen LogP contribution in [-0.2, 0) is 9.53 Å². The van der Waals surface area contributed by atoms with Crippen molar-refractivity contribution in [2.75, 3.05) is 32.1 Å². The fourth-order valence-corrected chi connectivity index (χ4v) is 3.68. The fraction of sp³-hybridized carbons (Fsp3) is 0.364. The molecule has 0 aromatic heterocycles. The zero-order valence-corrected chi connectivity index (χ0v) is 19.2. The number of ether oxygens (including phenoxy) is 1. The number of aliphatic hydroxyl groups is 1. The molecule has 3 rings (SSSR count). The Hall–Kier alpha value is -2.61. The number of methoxy groups -OCH3 is 1. The van der Waals surface area contributed by atoms with E-state index in [0.29, 0.717) is 5.56 Å². The zero-order chi connectivity index (χ0) is 23.6. The molecule has 0 spiro atoms. The Morgan fingerprint density at radius 1 is 1.28 bits per heavy atom. The van der Waals surface area contributed by atoms with Crippen molar-refractivity contribution >= 4 is 37.8 Å². The van der Waals surface area contributed by atoms with Crippen LogP contribution in [0.5, 0.6) is 0 Å². The molecule has 2 aromatic carbocycles. The fourth-order valence-electron chi connectivity index (χ4n) is 3.44. The third-order valence-electron chi connectivity index (χ3n) is 5.34. The number of aryl methyl sites for hydroxylation is 1. The highest BCUT2D eigenvalue weighted by atomic mass is 31.0. The van der Waals surface area contributed by atoms with Gasteiger partial charge in [0.25, 0.3) is 5.91 Å². The Labute approximate surface area is 187 Å². The summed E-state index contributed by atoms with van der Waals surface area (Å²) in [5.41, 5.74) is -0.599. The average molecular weight is 465 g/mol. The van der Waals surface area contributed by atoms with Gasteiger partial charge in [0.15, 0.2) is 5.82 Å². The van der Waals surface area contributed by atoms with E-state index in [1.54, 1.807) is 19.9 Å². The molecule has 1 aliphatic heterocycles. The van der Waals surface area contributed by atoms with Gasteiger partial charge in [-0.15, -0.1) is 9.24 Å². The van der Waals surface area contributed by atoms with E-state index >= 15 is 0 Å². The quantitative estimate of drug-likeness (QED) is 0.427. The number of β-amino-alcohol motifs (C(OH)–C–C–N with tert-alkyl or cyclic N) is 1. The minimum absolute atomic E-state index is 0.00466. The summed E-state index contributed by atoms with van der Waals surface area (Å²) in [6, 6.07) is 6.74. The third-order valence-corrected chi connectivity index (χ3v) is 5.78. The minimum Gasteiger partial charge on any atom is -0.468 e. The molecule has 2 aromatic rings. The number of likely N-dealkylation sites (tertiary alicyclic amines) is 1. The number of hydrogen-bond acceptors (Lipinski definition) is 6. The lowest BCUT2D eigenvalue weighted by atomic mass is 9.92. The van der Waals surface area contributed by atoms with Gasteiger partial charge in [0.05, 0.1) is 37.1 Å². The first-order valence-electron chi connectivity index (χ1n) is 9.98. The standard InChI is InChI=1S/C22H26F2N3O4P/c1-12-4-6-16(15(23)8-12)26-19-14(5-7-17(32)18(19)24)20(28)27-10-22(30,11-27)9-25-13(2)21(29)31-3/h4-8,13,25-26,30H,9-11,32H2,1-3H3. The lowest BCUT2D eigenvalue weighted by Gasteiger charge is -2.47. The second kappa shape index (κ2) is 9.48. The predicted molar refractivity (Wildman–Crippen MR) is 120 cm³/mol. The molecule has 0 aliphatic carbocycles. The number of nitrogens with zero attached hydrogens (tertiary/aromatic N) is 1. The summed E-state index contributed by atoms with van der Waals surface area (Å²) in [6.45, 7) is 3.40. The number of esters is 1. The van der Waals surface area contributed by atoms with Gasteiger partial charge in [-0.05, 0) is 37.6 Å². The molecule has 1 heterocycles. The van der Waals surface area contributed by atoms with Gasteiger partial charge in [-0.2, -0.15) is 0 Å². The summed E-state index contributed by atoms with van der Waals surface area (Å²) in [7, 11) is 3.51. The SMILES string of the molecule is COC(=O)C(C)NCC1(O)CN(C(=O)c2ccc(P)c(F)c2Nc2ccc(C)cc2F)C1. The molecule has 3 N–H and O–H groups in total. The number of benzene rings is 2. The summed E-state index contributed by atoms with van der Waals surface area (Å²) >= 11 is 0. The summed E-state index contributed by atoms with van der Waals surface area (Å²) in [4.78, 5) is 25.9. The molecule has 0 radical (unpaired) electrons. The average Bonchev–Trinajstić information content (AvgIpc) is 2.74. The highest BCUT2D eigenvalue weighted by Crippen LogP contribution is 2.30. The molecule has 2 atom stereocenters. The van der Waals surface area contributed by atoms with Gasteiger partial charge in [-0.3, -0.25) is 9.59 Å². The molecular formula is C22H26F2N3O4P. The van der Waals surface area contributed by atoms with E-state index < -0.39 is 35.2 Å². The van der Waals surface area contributed by atoms with Crippen LogP contribution in [0, 0.1) is 18.6 Å². The summed E-state index contributed by atoms with van der Waals surface area (Å²) < 4.78 is 33.8. The van der Waals surface area contributed by atoms with Crippen LogP contribution < -0.4 is 15.9 Å². The van der Waals surface area contributed by atoms with Gasteiger partial charge < -0.3 is 25.4 Å². The van der Waals surface area contributed by atoms with Crippen molar-refractivity contribution in [2.45, 2.75) is 25.5 Å². The highest BCUT2D eigenvalue weighted by molar-refractivity contribution is 7.27. The van der Waals surface area contributed by atoms with Crippen LogP contribution in [0.3, 0.4) is 0 Å². The maximum absolute atomic E-state index is 14.9. The van der Waals surface area contributed by atoms with Crippen molar-refractivity contribution in [3.63, 3.8) is 0 Å². The van der Waals surface area contributed by atoms with E-state index in [9.17, 15) is 23.5 Å². The molecular weight excluding hydrogens is 439 g/mol. The van der Waals surface area contributed by atoms with Crippen molar-refractivity contribution in [2.24, 2.45) is 0 Å². The molecule has 32 heavy (non-hydrogen) atoms. The van der Waals surface area contributed by atoms with Crippen LogP contribution >= 0.6 is 9.24 Å². The van der Waals surface area contributed by atoms with Crippen LogP contribution in [-0.4, -0.2) is 60.3 Å². The number of carbonyl (C=O) groups excluding carboxylic acids is 2. The van der Waals surface area contributed by atoms with Crippen molar-refractivity contribution < 1.29 is 28.2 Å². The Morgan fingerprint density at radius 3 is 2.59 bits per heavy atom. The first-order chi connectivity index (χ1) is 15.0. The first kappa shape index (κ1) is 24.0. The highest BCUT2D eigenvalue weighted by Gasteiger charge is 2.44. The van der Waals surface area contributed by atoms with Crippen molar-refractivity contribution in [1.82, 2.24) is 10.2 Å². The molecule has 10 heteroatoms. The molecule has 1 fully saturated rings. The van der Waals surface area contributed by atoms with E-state index in [4.69, 9.17) is 0 Å². The van der Waals surface area contributed by atoms with Crippen molar-refractivity contribution in [1.29, 1.82) is 0 Å². The van der Waals surface area contributed by atoms with Gasteiger partial charge >= 0.3 is 5.97 Å². The Morgan fingerprint density at radius 2 is 1.97 bits per heavy atom. The second-order valence-electron chi connectivity index (χ2n) is 8.01. The van der Waals surface area contributed by atoms with E-state index in [-0.39, 0.29) is 41.9 Å². The summed E-state index contributed by atoms with van der Waals surface area (Å²) in [5, 5.41) is 16.4. The number of amides is 1. The Balaban J connectivity index is 1.75. The lowest BCUT2D eigenvalue weighted by molar-refractivity contribution is -0.143. The van der Waals surface area contributed by atoms with Gasteiger partial charge in [-0.1, -0.05) is 12.1 Å². The van der Waals surface area contributed by atoms with E-state index in [1.165, 1.54) is 36.3 Å². The predicted octanol–water partition coefficient (Wildman–Crippen LogP) is 1.86. The topological polar surface area (TPSA) is 90.9 Å². The largest absolute Gasteiger partial charge is 0.468 e. The van der Waals surface area contributed by atoms with Crippen molar-refractivity contribution in [3.05, 3.63) is 53.1 Å².